The quantitative estimate of drug-likeness (QED) is 0.504. The molecule has 0 aromatic heterocycles. The van der Waals surface area contributed by atoms with E-state index in [2.05, 4.69) is 10.8 Å². The fraction of sp³-hybridized carbons (Fsp3) is 0.700. The van der Waals surface area contributed by atoms with E-state index in [4.69, 9.17) is 16.0 Å². The first-order chi connectivity index (χ1) is 7.60. The van der Waals surface area contributed by atoms with E-state index < -0.39 is 27.4 Å². The van der Waals surface area contributed by atoms with Crippen molar-refractivity contribution in [3.8, 4) is 0 Å². The summed E-state index contributed by atoms with van der Waals surface area (Å²) in [5.74, 6) is -0.435. The highest BCUT2D eigenvalue weighted by molar-refractivity contribution is 7.80. The third kappa shape index (κ3) is 9.11. The van der Waals surface area contributed by atoms with Crippen molar-refractivity contribution < 1.29 is 21.9 Å². The van der Waals surface area contributed by atoms with Crippen LogP contribution >= 0.6 is 0 Å². The third-order valence-corrected chi connectivity index (χ3v) is 2.91. The van der Waals surface area contributed by atoms with Crippen molar-refractivity contribution in [3.05, 3.63) is 12.2 Å². The smallest absolute Gasteiger partial charge is 0.366 e. The van der Waals surface area contributed by atoms with Crippen LogP contribution in [0.2, 0.25) is 0 Å². The molecule has 0 unspecified atom stereocenters. The minimum atomic E-state index is -4.44. The predicted molar refractivity (Wildman–Crippen MR) is 69.0 cm³/mol. The summed E-state index contributed by atoms with van der Waals surface area (Å²) in [6.07, 6.45) is 0. The highest BCUT2D eigenvalue weighted by Crippen LogP contribution is 2.24. The second-order valence-corrected chi connectivity index (χ2v) is 5.91. The van der Waals surface area contributed by atoms with Gasteiger partial charge in [0.2, 0.25) is 5.91 Å². The second kappa shape index (κ2) is 6.28. The Morgan fingerprint density at radius 3 is 1.61 bits per heavy atom. The Morgan fingerprint density at radius 1 is 1.28 bits per heavy atom. The van der Waals surface area contributed by atoms with Crippen LogP contribution in [-0.4, -0.2) is 30.0 Å². The monoisotopic (exact) mass is 282 g/mol. The molecule has 0 heterocycles. The Morgan fingerprint density at radius 2 is 1.56 bits per heavy atom. The Hall–Kier alpha value is -0.960. The minimum Gasteiger partial charge on any atom is -0.366 e. The zero-order chi connectivity index (χ0) is 15.4. The Kier molecular flexibility index (Phi) is 6.76. The van der Waals surface area contributed by atoms with Gasteiger partial charge in [-0.05, 0) is 34.6 Å². The number of carbonyl (C=O) groups is 1. The maximum Gasteiger partial charge on any atom is 0.397 e. The highest BCUT2D eigenvalue weighted by Gasteiger charge is 2.38. The van der Waals surface area contributed by atoms with Gasteiger partial charge in [-0.25, -0.2) is 4.18 Å². The van der Waals surface area contributed by atoms with Crippen molar-refractivity contribution in [1.82, 2.24) is 0 Å². The van der Waals surface area contributed by atoms with Crippen LogP contribution in [-0.2, 0) is 19.4 Å². The lowest BCUT2D eigenvalue weighted by molar-refractivity contribution is -0.114. The molecule has 0 aliphatic carbocycles. The summed E-state index contributed by atoms with van der Waals surface area (Å²) >= 11 is 0. The molecule has 0 fully saturated rings. The van der Waals surface area contributed by atoms with Gasteiger partial charge in [0.15, 0.2) is 0 Å². The molecule has 0 bridgehead atoms. The van der Waals surface area contributed by atoms with Gasteiger partial charge in [-0.3, -0.25) is 9.35 Å². The van der Waals surface area contributed by atoms with Crippen LogP contribution in [0.25, 0.3) is 0 Å². The molecule has 0 radical (unpaired) electrons. The molecule has 0 aromatic rings. The number of amides is 1. The predicted octanol–water partition coefficient (Wildman–Crippen LogP) is 0.370. The van der Waals surface area contributed by atoms with Gasteiger partial charge >= 0.3 is 10.4 Å². The number of hydrogen-bond acceptors (Lipinski definition) is 5. The summed E-state index contributed by atoms with van der Waals surface area (Å²) in [6, 6.07) is 0. The lowest BCUT2D eigenvalue weighted by Gasteiger charge is -2.36. The average molecular weight is 282 g/mol. The molecule has 0 atom stereocenters. The molecule has 0 saturated heterocycles. The Balaban J connectivity index is 0. The fourth-order valence-electron chi connectivity index (χ4n) is 0.371. The molecule has 108 valence electrons. The zero-order valence-corrected chi connectivity index (χ0v) is 12.2. The molecule has 0 aliphatic heterocycles. The molecule has 18 heavy (non-hydrogen) atoms. The summed E-state index contributed by atoms with van der Waals surface area (Å²) in [5, 5.41) is 0. The Bertz CT molecular complexity index is 394. The van der Waals surface area contributed by atoms with Gasteiger partial charge in [-0.1, -0.05) is 6.58 Å². The summed E-state index contributed by atoms with van der Waals surface area (Å²) in [7, 11) is -4.44. The van der Waals surface area contributed by atoms with Crippen molar-refractivity contribution in [3.63, 3.8) is 0 Å². The standard InChI is InChI=1S/C6H15NO4S.C4H7NO/c1-5(2,7)6(3,4)11-12(8,9)10;1-3(2)4(5)6/h7H2,1-4H3,(H,8,9,10);1H2,2H3,(H2,5,6). The number of hydrogen-bond donors (Lipinski definition) is 3. The first-order valence-electron chi connectivity index (χ1n) is 5.02. The first kappa shape index (κ1) is 19.4. The van der Waals surface area contributed by atoms with Gasteiger partial charge in [0.25, 0.3) is 0 Å². The van der Waals surface area contributed by atoms with Gasteiger partial charge in [0.05, 0.1) is 0 Å². The highest BCUT2D eigenvalue weighted by atomic mass is 32.3. The van der Waals surface area contributed by atoms with Crippen molar-refractivity contribution in [2.24, 2.45) is 11.5 Å². The summed E-state index contributed by atoms with van der Waals surface area (Å²) in [4.78, 5) is 9.82. The van der Waals surface area contributed by atoms with E-state index in [9.17, 15) is 13.2 Å². The molecule has 5 N–H and O–H groups in total. The van der Waals surface area contributed by atoms with E-state index in [0.717, 1.165) is 0 Å². The minimum absolute atomic E-state index is 0.398. The number of primary amides is 1. The largest absolute Gasteiger partial charge is 0.397 e. The zero-order valence-electron chi connectivity index (χ0n) is 11.4. The van der Waals surface area contributed by atoms with Crippen LogP contribution in [0.4, 0.5) is 0 Å². The third-order valence-electron chi connectivity index (χ3n) is 2.29. The normalized spacial score (nSPS) is 12.4. The van der Waals surface area contributed by atoms with Crippen LogP contribution in [0.1, 0.15) is 34.6 Å². The van der Waals surface area contributed by atoms with E-state index in [1.807, 2.05) is 0 Å². The molecular weight excluding hydrogens is 260 g/mol. The Labute approximate surface area is 108 Å². The van der Waals surface area contributed by atoms with Crippen molar-refractivity contribution in [1.29, 1.82) is 0 Å². The van der Waals surface area contributed by atoms with E-state index in [1.165, 1.54) is 13.8 Å². The molecule has 0 aliphatic rings. The van der Waals surface area contributed by atoms with Crippen LogP contribution in [0.15, 0.2) is 12.2 Å². The average Bonchev–Trinajstić information content (AvgIpc) is 1.97. The molecule has 0 aromatic carbocycles. The number of nitrogens with two attached hydrogens (primary N) is 2. The summed E-state index contributed by atoms with van der Waals surface area (Å²) in [5.41, 5.74) is 8.72. The summed E-state index contributed by atoms with van der Waals surface area (Å²) < 4.78 is 33.5. The van der Waals surface area contributed by atoms with E-state index in [0.29, 0.717) is 5.57 Å². The van der Waals surface area contributed by atoms with Crippen molar-refractivity contribution in [2.75, 3.05) is 0 Å². The van der Waals surface area contributed by atoms with Crippen LogP contribution in [0.3, 0.4) is 0 Å². The van der Waals surface area contributed by atoms with Gasteiger partial charge in [0.1, 0.15) is 5.60 Å². The lowest BCUT2D eigenvalue weighted by Crippen LogP contribution is -2.54. The molecule has 8 heteroatoms. The van der Waals surface area contributed by atoms with Crippen LogP contribution < -0.4 is 11.5 Å². The van der Waals surface area contributed by atoms with E-state index in [-0.39, 0.29) is 0 Å². The van der Waals surface area contributed by atoms with E-state index in [1.54, 1.807) is 20.8 Å². The molecular formula is C10H22N2O5S. The molecule has 0 rings (SSSR count). The fourth-order valence-corrected chi connectivity index (χ4v) is 1.11. The van der Waals surface area contributed by atoms with Crippen LogP contribution in [0, 0.1) is 0 Å². The topological polar surface area (TPSA) is 133 Å². The number of rotatable bonds is 4. The van der Waals surface area contributed by atoms with Gasteiger partial charge in [0, 0.05) is 11.1 Å². The molecule has 1 amide bonds. The van der Waals surface area contributed by atoms with E-state index >= 15 is 0 Å². The van der Waals surface area contributed by atoms with Crippen molar-refractivity contribution in [2.45, 2.75) is 45.8 Å². The SMILES string of the molecule is C=C(C)C(N)=O.CC(C)(N)C(C)(C)OS(=O)(=O)O. The first-order valence-corrected chi connectivity index (χ1v) is 6.39. The van der Waals surface area contributed by atoms with Gasteiger partial charge in [-0.2, -0.15) is 8.42 Å². The molecule has 0 saturated carbocycles. The van der Waals surface area contributed by atoms with Gasteiger partial charge in [-0.15, -0.1) is 0 Å². The maximum atomic E-state index is 10.4. The summed E-state index contributed by atoms with van der Waals surface area (Å²) in [6.45, 7) is 11.0. The molecule has 0 spiro atoms. The number of carbonyl (C=O) groups excluding carboxylic acids is 1. The maximum absolute atomic E-state index is 10.4. The van der Waals surface area contributed by atoms with Crippen LogP contribution in [0.5, 0.6) is 0 Å². The lowest BCUT2D eigenvalue weighted by atomic mass is 9.87. The molecule has 7 nitrogen and oxygen atoms in total. The second-order valence-electron chi connectivity index (χ2n) is 4.89. The van der Waals surface area contributed by atoms with Gasteiger partial charge < -0.3 is 11.5 Å². The van der Waals surface area contributed by atoms with Crippen molar-refractivity contribution >= 4 is 16.3 Å².